The number of rotatable bonds is 8. The predicted molar refractivity (Wildman–Crippen MR) is 117 cm³/mol. The minimum atomic E-state index is -1.18. The molecule has 2 aliphatic rings. The smallest absolute Gasteiger partial charge is 0.315 e. The average Bonchev–Trinajstić information content (AvgIpc) is 3.28. The molecule has 4 atom stereocenters. The van der Waals surface area contributed by atoms with Crippen LogP contribution < -0.4 is 10.6 Å². The third-order valence-electron chi connectivity index (χ3n) is 6.18. The zero-order valence-corrected chi connectivity index (χ0v) is 19.9. The number of carbonyl (C=O) groups excluding carboxylic acids is 2. The van der Waals surface area contributed by atoms with E-state index in [2.05, 4.69) is 10.6 Å². The summed E-state index contributed by atoms with van der Waals surface area (Å²) in [6.45, 7) is 8.04. The molecular formula is C19H38N6O4S. The number of aliphatic hydroxyl groups is 1. The number of carbonyl (C=O) groups is 2. The van der Waals surface area contributed by atoms with Crippen LogP contribution in [-0.4, -0.2) is 111 Å². The molecule has 0 spiro atoms. The molecular weight excluding hydrogens is 408 g/mol. The summed E-state index contributed by atoms with van der Waals surface area (Å²) in [4.78, 5) is 28.5. The average molecular weight is 447 g/mol. The maximum atomic E-state index is 12.7. The normalized spacial score (nSPS) is 26.2. The van der Waals surface area contributed by atoms with Gasteiger partial charge in [0.15, 0.2) is 11.2 Å². The van der Waals surface area contributed by atoms with Crippen LogP contribution in [0.3, 0.4) is 0 Å². The largest absolute Gasteiger partial charge is 0.374 e. The second-order valence-electron chi connectivity index (χ2n) is 8.88. The Labute approximate surface area is 182 Å². The molecule has 2 saturated heterocycles. The highest BCUT2D eigenvalue weighted by Gasteiger charge is 2.42. The van der Waals surface area contributed by atoms with Gasteiger partial charge in [-0.05, 0) is 39.8 Å². The summed E-state index contributed by atoms with van der Waals surface area (Å²) >= 11 is -1.18. The fraction of sp³-hybridized carbons (Fsp3) is 0.895. The van der Waals surface area contributed by atoms with Crippen molar-refractivity contribution in [2.45, 2.75) is 51.4 Å². The lowest BCUT2D eigenvalue weighted by Gasteiger charge is -2.40. The summed E-state index contributed by atoms with van der Waals surface area (Å²) < 4.78 is 15.8. The highest BCUT2D eigenvalue weighted by atomic mass is 32.2. The molecule has 10 nitrogen and oxygen atoms in total. The quantitative estimate of drug-likeness (QED) is 0.432. The third kappa shape index (κ3) is 5.91. The number of hydrogen-bond donors (Lipinski definition) is 3. The van der Waals surface area contributed by atoms with Crippen molar-refractivity contribution in [1.82, 2.24) is 29.0 Å². The monoisotopic (exact) mass is 446 g/mol. The van der Waals surface area contributed by atoms with E-state index in [9.17, 15) is 18.9 Å². The Kier molecular flexibility index (Phi) is 8.63. The Morgan fingerprint density at radius 1 is 1.27 bits per heavy atom. The molecule has 3 amide bonds. The van der Waals surface area contributed by atoms with Crippen LogP contribution in [0, 0.1) is 5.92 Å². The maximum Gasteiger partial charge on any atom is 0.315 e. The van der Waals surface area contributed by atoms with Gasteiger partial charge in [0, 0.05) is 39.3 Å². The third-order valence-corrected chi connectivity index (χ3v) is 7.67. The van der Waals surface area contributed by atoms with Crippen molar-refractivity contribution in [3.63, 3.8) is 0 Å². The molecule has 0 radical (unpaired) electrons. The zero-order chi connectivity index (χ0) is 22.6. The Morgan fingerprint density at radius 3 is 2.47 bits per heavy atom. The molecule has 2 rings (SSSR count). The molecule has 0 bridgehead atoms. The van der Waals surface area contributed by atoms with Gasteiger partial charge in [0.25, 0.3) is 0 Å². The van der Waals surface area contributed by atoms with Crippen molar-refractivity contribution < 1.29 is 18.9 Å². The number of nitrogens with zero attached hydrogens (tertiary/aromatic N) is 4. The first kappa shape index (κ1) is 25.0. The van der Waals surface area contributed by atoms with E-state index in [0.29, 0.717) is 19.6 Å². The zero-order valence-electron chi connectivity index (χ0n) is 19.1. The molecule has 0 saturated carbocycles. The Balaban J connectivity index is 1.87. The molecule has 30 heavy (non-hydrogen) atoms. The molecule has 11 heteroatoms. The molecule has 2 aliphatic heterocycles. The highest BCUT2D eigenvalue weighted by molar-refractivity contribution is 7.80. The second-order valence-corrected chi connectivity index (χ2v) is 10.5. The molecule has 174 valence electrons. The standard InChI is InChI=1S/C19H38N6O4S/c1-14(2)15(13-24-11-10-23(6)30(24)29)21-18(27)20-12-17(26)25-9-7-8-16(25)19(3,28)22(4)5/h14-16,28H,7-13H2,1-6H3,(H2,20,21,27). The van der Waals surface area contributed by atoms with Gasteiger partial charge in [0.2, 0.25) is 5.91 Å². The summed E-state index contributed by atoms with van der Waals surface area (Å²) in [5.74, 6) is -0.0642. The van der Waals surface area contributed by atoms with Crippen molar-refractivity contribution in [2.24, 2.45) is 5.92 Å². The summed E-state index contributed by atoms with van der Waals surface area (Å²) in [6.07, 6.45) is 1.55. The molecule has 2 fully saturated rings. The van der Waals surface area contributed by atoms with Gasteiger partial charge in [0.05, 0.1) is 12.6 Å². The van der Waals surface area contributed by atoms with E-state index in [1.54, 1.807) is 35.1 Å². The highest BCUT2D eigenvalue weighted by Crippen LogP contribution is 2.28. The fourth-order valence-corrected chi connectivity index (χ4v) is 4.97. The minimum Gasteiger partial charge on any atom is -0.374 e. The van der Waals surface area contributed by atoms with Crippen LogP contribution in [0.2, 0.25) is 0 Å². The van der Waals surface area contributed by atoms with Crippen molar-refractivity contribution in [1.29, 1.82) is 0 Å². The van der Waals surface area contributed by atoms with Crippen LogP contribution in [0.25, 0.3) is 0 Å². The summed E-state index contributed by atoms with van der Waals surface area (Å²) in [6, 6.07) is -0.921. The molecule has 0 aromatic rings. The van der Waals surface area contributed by atoms with Gasteiger partial charge in [0.1, 0.15) is 5.72 Å². The topological polar surface area (TPSA) is 108 Å². The van der Waals surface area contributed by atoms with Crippen LogP contribution in [0.15, 0.2) is 0 Å². The number of likely N-dealkylation sites (tertiary alicyclic amines) is 1. The first-order valence-corrected chi connectivity index (χ1v) is 11.6. The Morgan fingerprint density at radius 2 is 1.93 bits per heavy atom. The van der Waals surface area contributed by atoms with Gasteiger partial charge >= 0.3 is 6.03 Å². The summed E-state index contributed by atoms with van der Waals surface area (Å²) in [5, 5.41) is 16.3. The van der Waals surface area contributed by atoms with E-state index >= 15 is 0 Å². The van der Waals surface area contributed by atoms with Crippen molar-refractivity contribution in [2.75, 3.05) is 53.9 Å². The lowest BCUT2D eigenvalue weighted by atomic mass is 10.0. The van der Waals surface area contributed by atoms with Gasteiger partial charge in [-0.3, -0.25) is 9.69 Å². The first-order valence-electron chi connectivity index (χ1n) is 10.6. The second kappa shape index (κ2) is 10.4. The van der Waals surface area contributed by atoms with Gasteiger partial charge in [-0.1, -0.05) is 13.8 Å². The van der Waals surface area contributed by atoms with Gasteiger partial charge in [-0.25, -0.2) is 17.6 Å². The van der Waals surface area contributed by atoms with E-state index in [4.69, 9.17) is 0 Å². The van der Waals surface area contributed by atoms with Crippen LogP contribution in [-0.2, 0) is 16.0 Å². The minimum absolute atomic E-state index is 0.130. The first-order chi connectivity index (χ1) is 13.9. The number of urea groups is 1. The van der Waals surface area contributed by atoms with Crippen LogP contribution in [0.4, 0.5) is 4.79 Å². The van der Waals surface area contributed by atoms with Gasteiger partial charge < -0.3 is 20.6 Å². The van der Waals surface area contributed by atoms with Crippen LogP contribution in [0.1, 0.15) is 33.6 Å². The lowest BCUT2D eigenvalue weighted by Crippen LogP contribution is -2.59. The summed E-state index contributed by atoms with van der Waals surface area (Å²) in [5.41, 5.74) is -1.13. The predicted octanol–water partition coefficient (Wildman–Crippen LogP) is -0.603. The lowest BCUT2D eigenvalue weighted by molar-refractivity contribution is -0.149. The molecule has 0 aromatic heterocycles. The van der Waals surface area contributed by atoms with Crippen LogP contribution >= 0.6 is 0 Å². The SMILES string of the molecule is CC(C)C(CN1CCN(C)S1=O)NC(=O)NCC(=O)N1CCCC1C(C)(O)N(C)C. The van der Waals surface area contributed by atoms with Crippen molar-refractivity contribution in [3.8, 4) is 0 Å². The van der Waals surface area contributed by atoms with E-state index in [0.717, 1.165) is 19.4 Å². The maximum absolute atomic E-state index is 12.7. The Hall–Kier alpha value is -1.27. The number of hydrogen-bond acceptors (Lipinski definition) is 5. The van der Waals surface area contributed by atoms with E-state index in [1.165, 1.54) is 0 Å². The number of amides is 3. The van der Waals surface area contributed by atoms with Crippen LogP contribution in [0.5, 0.6) is 0 Å². The molecule has 4 unspecified atom stereocenters. The van der Waals surface area contributed by atoms with Gasteiger partial charge in [-0.15, -0.1) is 0 Å². The number of likely N-dealkylation sites (N-methyl/N-ethyl adjacent to an activating group) is 2. The van der Waals surface area contributed by atoms with Gasteiger partial charge in [-0.2, -0.15) is 0 Å². The Bertz CT molecular complexity index is 645. The molecule has 0 aromatic carbocycles. The number of nitrogens with one attached hydrogen (secondary N) is 2. The molecule has 0 aliphatic carbocycles. The van der Waals surface area contributed by atoms with E-state index in [-0.39, 0.29) is 30.5 Å². The van der Waals surface area contributed by atoms with E-state index < -0.39 is 22.9 Å². The molecule has 3 N–H and O–H groups in total. The van der Waals surface area contributed by atoms with Crippen molar-refractivity contribution >= 4 is 23.1 Å². The fourth-order valence-electron chi connectivity index (χ4n) is 3.81. The molecule has 2 heterocycles. The summed E-state index contributed by atoms with van der Waals surface area (Å²) in [7, 11) is 5.37. The van der Waals surface area contributed by atoms with Crippen molar-refractivity contribution in [3.05, 3.63) is 0 Å². The van der Waals surface area contributed by atoms with E-state index in [1.807, 2.05) is 25.2 Å².